The van der Waals surface area contributed by atoms with Crippen molar-refractivity contribution in [2.24, 2.45) is 0 Å². The number of amides is 3. The quantitative estimate of drug-likeness (QED) is 0.748. The van der Waals surface area contributed by atoms with E-state index in [-0.39, 0.29) is 16.6 Å². The molecule has 2 fully saturated rings. The third-order valence-electron chi connectivity index (χ3n) is 4.15. The van der Waals surface area contributed by atoms with Crippen LogP contribution in [-0.2, 0) is 4.79 Å². The second-order valence-corrected chi connectivity index (χ2v) is 7.20. The molecule has 128 valence electrons. The number of halogens is 1. The Morgan fingerprint density at radius 2 is 2.21 bits per heavy atom. The average molecular weight is 370 g/mol. The van der Waals surface area contributed by atoms with Crippen molar-refractivity contribution in [1.29, 1.82) is 0 Å². The Morgan fingerprint density at radius 1 is 1.42 bits per heavy atom. The van der Waals surface area contributed by atoms with Crippen LogP contribution in [0.3, 0.4) is 0 Å². The molecule has 1 aromatic carbocycles. The number of benzene rings is 1. The second kappa shape index (κ2) is 6.52. The fourth-order valence-corrected chi connectivity index (χ4v) is 4.27. The monoisotopic (exact) mass is 369 g/mol. The lowest BCUT2D eigenvalue weighted by molar-refractivity contribution is -0.143. The molecular weight excluding hydrogens is 354 g/mol. The van der Waals surface area contributed by atoms with E-state index in [1.807, 2.05) is 0 Å². The van der Waals surface area contributed by atoms with Gasteiger partial charge >= 0.3 is 12.0 Å². The van der Waals surface area contributed by atoms with E-state index < -0.39 is 17.4 Å². The highest BCUT2D eigenvalue weighted by molar-refractivity contribution is 7.99. The number of carboxylic acid groups (broad SMARTS) is 1. The molecule has 1 unspecified atom stereocenters. The van der Waals surface area contributed by atoms with Gasteiger partial charge in [-0.15, -0.1) is 0 Å². The summed E-state index contributed by atoms with van der Waals surface area (Å²) in [7, 11) is 0. The van der Waals surface area contributed by atoms with Crippen molar-refractivity contribution in [2.75, 3.05) is 29.5 Å². The van der Waals surface area contributed by atoms with Crippen LogP contribution in [0.15, 0.2) is 18.2 Å². The third-order valence-corrected chi connectivity index (χ3v) is 5.67. The van der Waals surface area contributed by atoms with Gasteiger partial charge in [-0.3, -0.25) is 9.69 Å². The molecule has 1 aromatic rings. The highest BCUT2D eigenvalue weighted by Gasteiger charge is 2.43. The molecule has 2 saturated heterocycles. The largest absolute Gasteiger partial charge is 0.479 e. The number of carbonyl (C=O) groups is 3. The van der Waals surface area contributed by atoms with Gasteiger partial charge in [-0.25, -0.2) is 9.59 Å². The van der Waals surface area contributed by atoms with Gasteiger partial charge in [0.05, 0.1) is 10.6 Å². The lowest BCUT2D eigenvalue weighted by Crippen LogP contribution is -2.54. The highest BCUT2D eigenvalue weighted by Crippen LogP contribution is 2.30. The molecule has 9 heteroatoms. The normalized spacial score (nSPS) is 23.2. The molecule has 0 aromatic heterocycles. The number of carbonyl (C=O) groups excluding carboxylic acids is 2. The van der Waals surface area contributed by atoms with Crippen molar-refractivity contribution < 1.29 is 19.5 Å². The molecule has 0 spiro atoms. The van der Waals surface area contributed by atoms with Crippen molar-refractivity contribution in [3.63, 3.8) is 0 Å². The van der Waals surface area contributed by atoms with Crippen molar-refractivity contribution in [3.05, 3.63) is 28.8 Å². The fraction of sp³-hybridized carbons (Fsp3) is 0.400. The molecule has 2 aliphatic rings. The molecule has 2 heterocycles. The topological polar surface area (TPSA) is 98.7 Å². The number of aliphatic carboxylic acids is 1. The molecule has 3 rings (SSSR count). The van der Waals surface area contributed by atoms with Crippen LogP contribution in [0.5, 0.6) is 0 Å². The number of nitrogens with one attached hydrogen (secondary N) is 2. The summed E-state index contributed by atoms with van der Waals surface area (Å²) in [6, 6.07) is 4.47. The first kappa shape index (κ1) is 16.9. The Balaban J connectivity index is 1.86. The van der Waals surface area contributed by atoms with Crippen LogP contribution in [0.2, 0.25) is 5.02 Å². The zero-order valence-electron chi connectivity index (χ0n) is 12.7. The molecular formula is C15H16ClN3O4S. The van der Waals surface area contributed by atoms with E-state index in [1.165, 1.54) is 28.8 Å². The van der Waals surface area contributed by atoms with Gasteiger partial charge in [0.1, 0.15) is 5.54 Å². The Morgan fingerprint density at radius 3 is 2.79 bits per heavy atom. The zero-order valence-corrected chi connectivity index (χ0v) is 14.2. The molecule has 0 aliphatic carbocycles. The van der Waals surface area contributed by atoms with E-state index in [0.29, 0.717) is 36.7 Å². The van der Waals surface area contributed by atoms with Crippen molar-refractivity contribution >= 4 is 47.0 Å². The lowest BCUT2D eigenvalue weighted by Gasteiger charge is -2.25. The van der Waals surface area contributed by atoms with Crippen LogP contribution in [0.1, 0.15) is 16.8 Å². The van der Waals surface area contributed by atoms with Gasteiger partial charge in [0, 0.05) is 24.5 Å². The number of thioether (sulfide) groups is 1. The predicted octanol–water partition coefficient (Wildman–Crippen LogP) is 1.56. The summed E-state index contributed by atoms with van der Waals surface area (Å²) in [6.45, 7) is 1.03. The number of urea groups is 1. The zero-order chi connectivity index (χ0) is 17.3. The fourth-order valence-electron chi connectivity index (χ4n) is 2.74. The van der Waals surface area contributed by atoms with Crippen LogP contribution in [0.4, 0.5) is 10.5 Å². The van der Waals surface area contributed by atoms with Gasteiger partial charge in [0.15, 0.2) is 0 Å². The minimum atomic E-state index is -1.27. The first-order valence-corrected chi connectivity index (χ1v) is 8.95. The SMILES string of the molecule is O=C(NC1(C(=O)O)CCSC1)c1cc(N2CCNC2=O)ccc1Cl. The number of nitrogens with zero attached hydrogens (tertiary/aromatic N) is 1. The summed E-state index contributed by atoms with van der Waals surface area (Å²) < 4.78 is 0. The highest BCUT2D eigenvalue weighted by atomic mass is 35.5. The molecule has 3 amide bonds. The Labute approximate surface area is 147 Å². The van der Waals surface area contributed by atoms with Gasteiger partial charge in [-0.1, -0.05) is 11.6 Å². The number of hydrogen-bond acceptors (Lipinski definition) is 4. The van der Waals surface area contributed by atoms with Gasteiger partial charge in [0.25, 0.3) is 5.91 Å². The standard InChI is InChI=1S/C15H16ClN3O4S/c16-11-2-1-9(19-5-4-17-14(19)23)7-10(11)12(20)18-15(13(21)22)3-6-24-8-15/h1-2,7H,3-6,8H2,(H,17,23)(H,18,20)(H,21,22). The second-order valence-electron chi connectivity index (χ2n) is 5.69. The van der Waals surface area contributed by atoms with Crippen molar-refractivity contribution in [1.82, 2.24) is 10.6 Å². The maximum atomic E-state index is 12.6. The van der Waals surface area contributed by atoms with E-state index in [9.17, 15) is 19.5 Å². The summed E-state index contributed by atoms with van der Waals surface area (Å²) in [4.78, 5) is 37.4. The Kier molecular flexibility index (Phi) is 4.60. The van der Waals surface area contributed by atoms with E-state index in [2.05, 4.69) is 10.6 Å². The van der Waals surface area contributed by atoms with Gasteiger partial charge in [-0.2, -0.15) is 11.8 Å². The Hall–Kier alpha value is -1.93. The summed E-state index contributed by atoms with van der Waals surface area (Å²) in [6.07, 6.45) is 0.366. The van der Waals surface area contributed by atoms with Crippen molar-refractivity contribution in [3.8, 4) is 0 Å². The predicted molar refractivity (Wildman–Crippen MR) is 92.0 cm³/mol. The van der Waals surface area contributed by atoms with Gasteiger partial charge < -0.3 is 15.7 Å². The molecule has 24 heavy (non-hydrogen) atoms. The Bertz CT molecular complexity index is 706. The first-order valence-electron chi connectivity index (χ1n) is 7.41. The van der Waals surface area contributed by atoms with Crippen LogP contribution in [0.25, 0.3) is 0 Å². The maximum Gasteiger partial charge on any atom is 0.330 e. The average Bonchev–Trinajstić information content (AvgIpc) is 3.18. The summed E-state index contributed by atoms with van der Waals surface area (Å²) in [5.41, 5.74) is -0.567. The van der Waals surface area contributed by atoms with Crippen LogP contribution < -0.4 is 15.5 Å². The first-order chi connectivity index (χ1) is 11.4. The maximum absolute atomic E-state index is 12.6. The van der Waals surface area contributed by atoms with E-state index in [1.54, 1.807) is 6.07 Å². The molecule has 0 bridgehead atoms. The van der Waals surface area contributed by atoms with Crippen LogP contribution in [0, 0.1) is 0 Å². The van der Waals surface area contributed by atoms with E-state index >= 15 is 0 Å². The summed E-state index contributed by atoms with van der Waals surface area (Å²) in [5, 5.41) is 15.0. The number of rotatable bonds is 4. The molecule has 3 N–H and O–H groups in total. The molecule has 2 aliphatic heterocycles. The smallest absolute Gasteiger partial charge is 0.330 e. The molecule has 0 saturated carbocycles. The molecule has 7 nitrogen and oxygen atoms in total. The molecule has 0 radical (unpaired) electrons. The summed E-state index contributed by atoms with van der Waals surface area (Å²) in [5.74, 6) is -0.604. The molecule has 1 atom stereocenters. The van der Waals surface area contributed by atoms with Crippen LogP contribution >= 0.6 is 23.4 Å². The van der Waals surface area contributed by atoms with Crippen molar-refractivity contribution in [2.45, 2.75) is 12.0 Å². The van der Waals surface area contributed by atoms with Gasteiger partial charge in [0.2, 0.25) is 0 Å². The number of anilines is 1. The van der Waals surface area contributed by atoms with E-state index in [4.69, 9.17) is 11.6 Å². The lowest BCUT2D eigenvalue weighted by atomic mass is 9.98. The van der Waals surface area contributed by atoms with Crippen LogP contribution in [-0.4, -0.2) is 53.1 Å². The third kappa shape index (κ3) is 3.03. The minimum absolute atomic E-state index is 0.159. The summed E-state index contributed by atoms with van der Waals surface area (Å²) >= 11 is 7.60. The number of carboxylic acids is 1. The minimum Gasteiger partial charge on any atom is -0.479 e. The van der Waals surface area contributed by atoms with Gasteiger partial charge in [-0.05, 0) is 30.4 Å². The number of hydrogen-bond donors (Lipinski definition) is 3. The van der Waals surface area contributed by atoms with E-state index in [0.717, 1.165) is 0 Å².